The second kappa shape index (κ2) is 6.60. The summed E-state index contributed by atoms with van der Waals surface area (Å²) in [5, 5.41) is 9.78. The average Bonchev–Trinajstić information content (AvgIpc) is 2.53. The molecule has 0 saturated carbocycles. The molecule has 1 heterocycles. The van der Waals surface area contributed by atoms with Crippen LogP contribution in [0.1, 0.15) is 51.9 Å². The van der Waals surface area contributed by atoms with Crippen LogP contribution in [0.3, 0.4) is 0 Å². The minimum atomic E-state index is -2.78. The Labute approximate surface area is 99.2 Å². The summed E-state index contributed by atoms with van der Waals surface area (Å²) in [6, 6.07) is 0. The fourth-order valence-electron chi connectivity index (χ4n) is 2.37. The van der Waals surface area contributed by atoms with Crippen molar-refractivity contribution in [3.05, 3.63) is 0 Å². The largest absolute Gasteiger partial charge is 0.393 e. The number of hydrogen-bond donors (Lipinski definition) is 1. The highest BCUT2D eigenvalue weighted by Crippen LogP contribution is 2.24. The van der Waals surface area contributed by atoms with Gasteiger partial charge >= 0.3 is 0 Å². The van der Waals surface area contributed by atoms with Gasteiger partial charge in [0.15, 0.2) is 9.84 Å². The molecule has 1 rings (SSSR count). The quantitative estimate of drug-likeness (QED) is 0.702. The number of rotatable bonds is 7. The summed E-state index contributed by atoms with van der Waals surface area (Å²) in [6.07, 6.45) is 6.62. The zero-order valence-corrected chi connectivity index (χ0v) is 11.0. The van der Waals surface area contributed by atoms with Crippen LogP contribution in [0.5, 0.6) is 0 Å². The number of aliphatic hydroxyl groups excluding tert-OH is 1. The van der Waals surface area contributed by atoms with E-state index in [9.17, 15) is 13.5 Å². The third-order valence-electron chi connectivity index (χ3n) is 3.32. The van der Waals surface area contributed by atoms with Gasteiger partial charge in [0, 0.05) is 0 Å². The molecule has 0 amide bonds. The highest BCUT2D eigenvalue weighted by molar-refractivity contribution is 7.91. The predicted octanol–water partition coefficient (Wildman–Crippen LogP) is 2.14. The highest BCUT2D eigenvalue weighted by Gasteiger charge is 2.29. The van der Waals surface area contributed by atoms with Crippen LogP contribution in [-0.2, 0) is 9.84 Å². The minimum Gasteiger partial charge on any atom is -0.393 e. The molecule has 0 aromatic carbocycles. The lowest BCUT2D eigenvalue weighted by molar-refractivity contribution is 0.134. The van der Waals surface area contributed by atoms with Crippen molar-refractivity contribution >= 4 is 9.84 Å². The lowest BCUT2D eigenvalue weighted by Gasteiger charge is -2.14. The van der Waals surface area contributed by atoms with Crippen LogP contribution in [0.15, 0.2) is 0 Å². The third-order valence-corrected chi connectivity index (χ3v) is 5.16. The molecule has 2 unspecified atom stereocenters. The number of aliphatic hydroxyl groups is 1. The Morgan fingerprint density at radius 1 is 1.31 bits per heavy atom. The fraction of sp³-hybridized carbons (Fsp3) is 1.00. The molecule has 1 N–H and O–H groups in total. The monoisotopic (exact) mass is 248 g/mol. The molecule has 1 aliphatic heterocycles. The molecule has 1 fully saturated rings. The smallest absolute Gasteiger partial charge is 0.150 e. The van der Waals surface area contributed by atoms with Gasteiger partial charge < -0.3 is 5.11 Å². The van der Waals surface area contributed by atoms with E-state index >= 15 is 0 Å². The Kier molecular flexibility index (Phi) is 5.76. The van der Waals surface area contributed by atoms with Crippen LogP contribution in [0.4, 0.5) is 0 Å². The molecular formula is C12H24O3S. The van der Waals surface area contributed by atoms with Crippen molar-refractivity contribution in [2.24, 2.45) is 5.92 Å². The zero-order chi connectivity index (χ0) is 12.0. The maximum absolute atomic E-state index is 11.2. The molecule has 0 radical (unpaired) electrons. The first-order valence-electron chi connectivity index (χ1n) is 6.42. The van der Waals surface area contributed by atoms with E-state index in [4.69, 9.17) is 0 Å². The van der Waals surface area contributed by atoms with Crippen LogP contribution >= 0.6 is 0 Å². The molecule has 1 saturated heterocycles. The highest BCUT2D eigenvalue weighted by atomic mass is 32.2. The van der Waals surface area contributed by atoms with Crippen molar-refractivity contribution in [3.8, 4) is 0 Å². The third kappa shape index (κ3) is 5.30. The molecule has 16 heavy (non-hydrogen) atoms. The van der Waals surface area contributed by atoms with E-state index in [1.165, 1.54) is 19.3 Å². The van der Waals surface area contributed by atoms with Crippen molar-refractivity contribution in [1.29, 1.82) is 0 Å². The summed E-state index contributed by atoms with van der Waals surface area (Å²) in [5.41, 5.74) is 0. The first-order chi connectivity index (χ1) is 7.53. The van der Waals surface area contributed by atoms with E-state index < -0.39 is 9.84 Å². The Morgan fingerprint density at radius 2 is 2.06 bits per heavy atom. The molecule has 0 aromatic rings. The van der Waals surface area contributed by atoms with Gasteiger partial charge in [0.25, 0.3) is 0 Å². The van der Waals surface area contributed by atoms with E-state index in [0.29, 0.717) is 17.9 Å². The first kappa shape index (κ1) is 14.0. The minimum absolute atomic E-state index is 0.200. The van der Waals surface area contributed by atoms with Crippen molar-refractivity contribution < 1.29 is 13.5 Å². The number of hydrogen-bond acceptors (Lipinski definition) is 3. The van der Waals surface area contributed by atoms with Gasteiger partial charge in [-0.1, -0.05) is 32.6 Å². The SMILES string of the molecule is CCCCCCC(O)CC1CCS(=O)(=O)C1. The molecule has 4 heteroatoms. The predicted molar refractivity (Wildman–Crippen MR) is 66.1 cm³/mol. The van der Waals surface area contributed by atoms with Crippen molar-refractivity contribution in [3.63, 3.8) is 0 Å². The van der Waals surface area contributed by atoms with Gasteiger partial charge in [0.05, 0.1) is 17.6 Å². The second-order valence-corrected chi connectivity index (χ2v) is 7.24. The van der Waals surface area contributed by atoms with Crippen LogP contribution in [-0.4, -0.2) is 31.1 Å². The first-order valence-corrected chi connectivity index (χ1v) is 8.24. The van der Waals surface area contributed by atoms with Crippen molar-refractivity contribution in [2.75, 3.05) is 11.5 Å². The Morgan fingerprint density at radius 3 is 2.62 bits per heavy atom. The zero-order valence-electron chi connectivity index (χ0n) is 10.2. The van der Waals surface area contributed by atoms with E-state index in [2.05, 4.69) is 6.92 Å². The molecule has 96 valence electrons. The maximum atomic E-state index is 11.2. The fourth-order valence-corrected chi connectivity index (χ4v) is 4.25. The Balaban J connectivity index is 2.13. The Hall–Kier alpha value is -0.0900. The molecule has 0 aliphatic carbocycles. The van der Waals surface area contributed by atoms with Gasteiger partial charge in [0.1, 0.15) is 0 Å². The standard InChI is InChI=1S/C12H24O3S/c1-2-3-4-5-6-12(13)9-11-7-8-16(14,15)10-11/h11-13H,2-10H2,1H3. The van der Waals surface area contributed by atoms with Gasteiger partial charge in [0.2, 0.25) is 0 Å². The van der Waals surface area contributed by atoms with Crippen LogP contribution in [0, 0.1) is 5.92 Å². The number of sulfone groups is 1. The topological polar surface area (TPSA) is 54.4 Å². The van der Waals surface area contributed by atoms with Gasteiger partial charge in [-0.05, 0) is 25.2 Å². The summed E-state index contributed by atoms with van der Waals surface area (Å²) in [6.45, 7) is 2.17. The molecule has 0 aromatic heterocycles. The molecule has 0 bridgehead atoms. The van der Waals surface area contributed by atoms with Crippen molar-refractivity contribution in [2.45, 2.75) is 58.0 Å². The molecule has 3 nitrogen and oxygen atoms in total. The molecule has 1 aliphatic rings. The van der Waals surface area contributed by atoms with E-state index in [1.807, 2.05) is 0 Å². The molecular weight excluding hydrogens is 224 g/mol. The summed E-state index contributed by atoms with van der Waals surface area (Å²) < 4.78 is 22.5. The van der Waals surface area contributed by atoms with E-state index in [-0.39, 0.29) is 12.0 Å². The van der Waals surface area contributed by atoms with Gasteiger partial charge in [-0.25, -0.2) is 8.42 Å². The average molecular weight is 248 g/mol. The van der Waals surface area contributed by atoms with Gasteiger partial charge in [-0.15, -0.1) is 0 Å². The molecule has 2 atom stereocenters. The van der Waals surface area contributed by atoms with Crippen LogP contribution < -0.4 is 0 Å². The second-order valence-electron chi connectivity index (χ2n) is 5.01. The van der Waals surface area contributed by atoms with Crippen LogP contribution in [0.25, 0.3) is 0 Å². The lowest BCUT2D eigenvalue weighted by Crippen LogP contribution is -2.14. The normalized spacial score (nSPS) is 25.8. The summed E-state index contributed by atoms with van der Waals surface area (Å²) in [7, 11) is -2.78. The number of unbranched alkanes of at least 4 members (excludes halogenated alkanes) is 3. The van der Waals surface area contributed by atoms with E-state index in [0.717, 1.165) is 19.3 Å². The van der Waals surface area contributed by atoms with Crippen molar-refractivity contribution in [1.82, 2.24) is 0 Å². The summed E-state index contributed by atoms with van der Waals surface area (Å²) >= 11 is 0. The summed E-state index contributed by atoms with van der Waals surface area (Å²) in [4.78, 5) is 0. The van der Waals surface area contributed by atoms with Gasteiger partial charge in [-0.3, -0.25) is 0 Å². The molecule has 0 spiro atoms. The van der Waals surface area contributed by atoms with Gasteiger partial charge in [-0.2, -0.15) is 0 Å². The van der Waals surface area contributed by atoms with E-state index in [1.54, 1.807) is 0 Å². The Bertz CT molecular complexity index is 285. The summed E-state index contributed by atoms with van der Waals surface area (Å²) in [5.74, 6) is 0.811. The maximum Gasteiger partial charge on any atom is 0.150 e. The lowest BCUT2D eigenvalue weighted by atomic mass is 9.97. The van der Waals surface area contributed by atoms with Crippen LogP contribution in [0.2, 0.25) is 0 Å².